The molecule has 1 N–H and O–H groups in total. The largest absolute Gasteiger partial charge is 0.478 e. The Morgan fingerprint density at radius 3 is 2.38 bits per heavy atom. The van der Waals surface area contributed by atoms with Crippen molar-refractivity contribution >= 4 is 12.0 Å². The molecule has 13 heavy (non-hydrogen) atoms. The fraction of sp³-hybridized carbons (Fsp3) is 0.182. The van der Waals surface area contributed by atoms with Crippen LogP contribution in [0.3, 0.4) is 0 Å². The third kappa shape index (κ3) is 2.75. The van der Waals surface area contributed by atoms with E-state index in [0.29, 0.717) is 5.57 Å². The zero-order valence-corrected chi connectivity index (χ0v) is 7.74. The molecule has 0 heterocycles. The number of carboxylic acid groups (broad SMARTS) is 1. The summed E-state index contributed by atoms with van der Waals surface area (Å²) in [4.78, 5) is 10.5. The first kappa shape index (κ1) is 9.52. The Balaban J connectivity index is 0.00000169. The van der Waals surface area contributed by atoms with E-state index >= 15 is 0 Å². The van der Waals surface area contributed by atoms with Gasteiger partial charge >= 0.3 is 5.97 Å². The molecule has 70 valence electrons. The van der Waals surface area contributed by atoms with E-state index in [1.807, 2.05) is 31.2 Å². The highest BCUT2D eigenvalue weighted by atomic mass is 16.4. The monoisotopic (exact) mass is 178 g/mol. The predicted molar refractivity (Wildman–Crippen MR) is 54.6 cm³/mol. The van der Waals surface area contributed by atoms with E-state index in [0.717, 1.165) is 5.56 Å². The molecule has 0 aliphatic rings. The third-order valence-electron chi connectivity index (χ3n) is 1.80. The van der Waals surface area contributed by atoms with Gasteiger partial charge < -0.3 is 5.11 Å². The minimum Gasteiger partial charge on any atom is -0.478 e. The quantitative estimate of drug-likeness (QED) is 0.707. The molecule has 0 spiro atoms. The molecular weight excluding hydrogens is 164 g/mol. The average molecular weight is 178 g/mol. The van der Waals surface area contributed by atoms with Gasteiger partial charge in [-0.15, -0.1) is 0 Å². The van der Waals surface area contributed by atoms with Crippen molar-refractivity contribution in [2.75, 3.05) is 0 Å². The van der Waals surface area contributed by atoms with Gasteiger partial charge in [0, 0.05) is 7.00 Å². The maximum Gasteiger partial charge on any atom is 0.331 e. The molecule has 0 fully saturated rings. The second-order valence-corrected chi connectivity index (χ2v) is 3.04. The maximum absolute atomic E-state index is 10.5. The van der Waals surface area contributed by atoms with E-state index in [1.165, 1.54) is 5.56 Å². The Kier molecular flexibility index (Phi) is 2.85. The van der Waals surface area contributed by atoms with Gasteiger partial charge in [0.25, 0.3) is 0 Å². The van der Waals surface area contributed by atoms with Crippen molar-refractivity contribution in [2.24, 2.45) is 0 Å². The molecule has 0 saturated heterocycles. The average Bonchev–Trinajstić information content (AvgIpc) is 2.08. The van der Waals surface area contributed by atoms with E-state index in [1.54, 1.807) is 13.0 Å². The predicted octanol–water partition coefficient (Wildman–Crippen LogP) is 2.73. The van der Waals surface area contributed by atoms with E-state index in [9.17, 15) is 4.79 Å². The summed E-state index contributed by atoms with van der Waals surface area (Å²) >= 11 is 0. The van der Waals surface area contributed by atoms with Crippen LogP contribution in [0.15, 0.2) is 29.8 Å². The number of carbonyl (C=O) groups is 1. The van der Waals surface area contributed by atoms with Crippen LogP contribution in [0, 0.1) is 6.92 Å². The Hall–Kier alpha value is -1.57. The highest BCUT2D eigenvalue weighted by Crippen LogP contribution is 2.08. The van der Waals surface area contributed by atoms with Gasteiger partial charge in [0.15, 0.2) is 0 Å². The first-order valence-electron chi connectivity index (χ1n) is 4.08. The number of benzene rings is 1. The van der Waals surface area contributed by atoms with Crippen LogP contribution in [-0.2, 0) is 4.79 Å². The van der Waals surface area contributed by atoms with Crippen molar-refractivity contribution in [1.82, 2.24) is 0 Å². The van der Waals surface area contributed by atoms with Crippen molar-refractivity contribution in [2.45, 2.75) is 13.8 Å². The van der Waals surface area contributed by atoms with Gasteiger partial charge in [-0.25, -0.2) is 4.79 Å². The van der Waals surface area contributed by atoms with Crippen molar-refractivity contribution in [3.8, 4) is 0 Å². The van der Waals surface area contributed by atoms with Crippen LogP contribution in [0.4, 0.5) is 0 Å². The number of aliphatic carboxylic acids is 1. The van der Waals surface area contributed by atoms with Gasteiger partial charge in [0.2, 0.25) is 0 Å². The number of hydrogen-bond acceptors (Lipinski definition) is 1. The molecule has 0 atom stereocenters. The molecule has 2 heteroatoms. The zero-order valence-electron chi connectivity index (χ0n) is 7.74. The van der Waals surface area contributed by atoms with E-state index in [-0.39, 0.29) is 1.43 Å². The molecule has 2 nitrogen and oxygen atoms in total. The fourth-order valence-electron chi connectivity index (χ4n) is 0.974. The topological polar surface area (TPSA) is 37.3 Å². The van der Waals surface area contributed by atoms with Crippen LogP contribution in [0.2, 0.25) is 0 Å². The van der Waals surface area contributed by atoms with Crippen molar-refractivity contribution in [3.63, 3.8) is 0 Å². The third-order valence-corrected chi connectivity index (χ3v) is 1.80. The summed E-state index contributed by atoms with van der Waals surface area (Å²) in [6, 6.07) is 7.73. The van der Waals surface area contributed by atoms with Crippen LogP contribution >= 0.6 is 0 Å². The molecule has 0 aliphatic heterocycles. The van der Waals surface area contributed by atoms with E-state index in [2.05, 4.69) is 0 Å². The summed E-state index contributed by atoms with van der Waals surface area (Å²) < 4.78 is 0. The first-order valence-corrected chi connectivity index (χ1v) is 4.08. The Morgan fingerprint density at radius 2 is 1.92 bits per heavy atom. The van der Waals surface area contributed by atoms with Crippen LogP contribution in [0.5, 0.6) is 0 Å². The minimum absolute atomic E-state index is 0. The van der Waals surface area contributed by atoms with Crippen LogP contribution in [0.25, 0.3) is 6.08 Å². The number of aryl methyl sites for hydroxylation is 1. The van der Waals surface area contributed by atoms with Crippen LogP contribution in [0.1, 0.15) is 19.5 Å². The highest BCUT2D eigenvalue weighted by molar-refractivity contribution is 5.91. The summed E-state index contributed by atoms with van der Waals surface area (Å²) in [5.41, 5.74) is 2.44. The summed E-state index contributed by atoms with van der Waals surface area (Å²) in [6.45, 7) is 3.58. The van der Waals surface area contributed by atoms with Gasteiger partial charge in [0.1, 0.15) is 0 Å². The summed E-state index contributed by atoms with van der Waals surface area (Å²) in [7, 11) is 0. The van der Waals surface area contributed by atoms with Crippen LogP contribution in [-0.4, -0.2) is 11.1 Å². The van der Waals surface area contributed by atoms with Gasteiger partial charge in [0.05, 0.1) is 0 Å². The number of rotatable bonds is 2. The highest BCUT2D eigenvalue weighted by Gasteiger charge is 1.98. The smallest absolute Gasteiger partial charge is 0.331 e. The maximum atomic E-state index is 10.5. The van der Waals surface area contributed by atoms with E-state index < -0.39 is 5.97 Å². The van der Waals surface area contributed by atoms with Crippen molar-refractivity contribution in [3.05, 3.63) is 41.0 Å². The molecule has 0 bridgehead atoms. The normalized spacial score (nSPS) is 11.4. The standard InChI is InChI=1S/C11H12O2.H2/c1-8-3-5-10(6-4-8)7-9(2)11(12)13;/h3-7H,1-2H3,(H,12,13);1H. The summed E-state index contributed by atoms with van der Waals surface area (Å²) in [5, 5.41) is 8.63. The molecule has 1 aromatic rings. The fourth-order valence-corrected chi connectivity index (χ4v) is 0.974. The van der Waals surface area contributed by atoms with Gasteiger partial charge in [-0.05, 0) is 25.5 Å². The molecule has 1 aromatic carbocycles. The molecule has 1 rings (SSSR count). The Labute approximate surface area is 79.0 Å². The van der Waals surface area contributed by atoms with Crippen LogP contribution < -0.4 is 0 Å². The molecule has 0 saturated carbocycles. The lowest BCUT2D eigenvalue weighted by Crippen LogP contribution is -1.95. The van der Waals surface area contributed by atoms with Crippen molar-refractivity contribution < 1.29 is 11.3 Å². The summed E-state index contributed by atoms with van der Waals surface area (Å²) in [5.74, 6) is -0.874. The number of carboxylic acids is 1. The minimum atomic E-state index is -0.874. The van der Waals surface area contributed by atoms with Gasteiger partial charge in [-0.1, -0.05) is 29.8 Å². The lowest BCUT2D eigenvalue weighted by molar-refractivity contribution is -0.132. The lowest BCUT2D eigenvalue weighted by atomic mass is 10.1. The lowest BCUT2D eigenvalue weighted by Gasteiger charge is -1.96. The van der Waals surface area contributed by atoms with Gasteiger partial charge in [-0.3, -0.25) is 0 Å². The van der Waals surface area contributed by atoms with Gasteiger partial charge in [-0.2, -0.15) is 0 Å². The molecule has 0 unspecified atom stereocenters. The summed E-state index contributed by atoms with van der Waals surface area (Å²) in [6.07, 6.45) is 1.65. The molecule has 0 aliphatic carbocycles. The number of hydrogen-bond donors (Lipinski definition) is 1. The SMILES string of the molecule is CC(=Cc1ccc(C)cc1)C(=O)O.[HH]. The molecular formula is C11H14O2. The second-order valence-electron chi connectivity index (χ2n) is 3.04. The Bertz CT molecular complexity index is 339. The van der Waals surface area contributed by atoms with Crippen molar-refractivity contribution in [1.29, 1.82) is 0 Å². The molecule has 0 amide bonds. The Morgan fingerprint density at radius 1 is 1.38 bits per heavy atom. The zero-order chi connectivity index (χ0) is 9.84. The van der Waals surface area contributed by atoms with E-state index in [4.69, 9.17) is 5.11 Å². The molecule has 0 aromatic heterocycles. The first-order chi connectivity index (χ1) is 6.09. The molecule has 0 radical (unpaired) electrons. The second kappa shape index (κ2) is 3.90.